The van der Waals surface area contributed by atoms with E-state index in [2.05, 4.69) is 0 Å². The lowest BCUT2D eigenvalue weighted by molar-refractivity contribution is -0.140. The zero-order valence-electron chi connectivity index (χ0n) is 14.7. The van der Waals surface area contributed by atoms with Crippen molar-refractivity contribution in [2.24, 2.45) is 7.05 Å². The third kappa shape index (κ3) is 2.24. The molecule has 0 spiro atoms. The van der Waals surface area contributed by atoms with Gasteiger partial charge in [0.2, 0.25) is 0 Å². The van der Waals surface area contributed by atoms with Crippen LogP contribution in [0.15, 0.2) is 54.7 Å². The molecule has 5 heteroatoms. The summed E-state index contributed by atoms with van der Waals surface area (Å²) in [5, 5.41) is 11.0. The number of amides is 1. The summed E-state index contributed by atoms with van der Waals surface area (Å²) in [6, 6.07) is 14.4. The Morgan fingerprint density at radius 2 is 1.77 bits per heavy atom. The number of aliphatic carboxylic acids is 1. The fraction of sp³-hybridized carbons (Fsp3) is 0.238. The fourth-order valence-corrected chi connectivity index (χ4v) is 4.16. The van der Waals surface area contributed by atoms with Crippen LogP contribution in [0.5, 0.6) is 0 Å². The normalized spacial score (nSPS) is 19.6. The number of carbonyl (C=O) groups is 2. The van der Waals surface area contributed by atoms with Crippen molar-refractivity contribution >= 4 is 22.8 Å². The van der Waals surface area contributed by atoms with Gasteiger partial charge in [-0.2, -0.15) is 0 Å². The summed E-state index contributed by atoms with van der Waals surface area (Å²) in [6.07, 6.45) is 1.95. The van der Waals surface area contributed by atoms with Gasteiger partial charge in [0, 0.05) is 41.8 Å². The maximum absolute atomic E-state index is 13.1. The number of hydrogen-bond donors (Lipinski definition) is 1. The molecule has 0 aliphatic carbocycles. The average Bonchev–Trinajstić information content (AvgIpc) is 2.98. The highest BCUT2D eigenvalue weighted by Gasteiger charge is 2.44. The zero-order valence-corrected chi connectivity index (χ0v) is 14.7. The molecular weight excluding hydrogens is 328 g/mol. The van der Waals surface area contributed by atoms with E-state index in [1.165, 1.54) is 0 Å². The van der Waals surface area contributed by atoms with Crippen LogP contribution in [0.25, 0.3) is 10.9 Å². The first kappa shape index (κ1) is 16.4. The molecule has 1 aliphatic heterocycles. The summed E-state index contributed by atoms with van der Waals surface area (Å²) < 4.78 is 1.99. The second-order valence-corrected chi connectivity index (χ2v) is 6.65. The largest absolute Gasteiger partial charge is 0.481 e. The van der Waals surface area contributed by atoms with Crippen LogP contribution in [-0.4, -0.2) is 33.0 Å². The zero-order chi connectivity index (χ0) is 18.4. The van der Waals surface area contributed by atoms with E-state index in [1.807, 2.05) is 49.0 Å². The van der Waals surface area contributed by atoms with Gasteiger partial charge < -0.3 is 14.6 Å². The van der Waals surface area contributed by atoms with Crippen molar-refractivity contribution in [2.75, 3.05) is 6.54 Å². The van der Waals surface area contributed by atoms with E-state index in [9.17, 15) is 14.7 Å². The predicted molar refractivity (Wildman–Crippen MR) is 99.2 cm³/mol. The third-order valence-corrected chi connectivity index (χ3v) is 5.29. The molecular formula is C21H20N2O3. The Kier molecular flexibility index (Phi) is 3.80. The van der Waals surface area contributed by atoms with Crippen molar-refractivity contribution in [1.82, 2.24) is 9.47 Å². The Hall–Kier alpha value is -3.08. The highest BCUT2D eigenvalue weighted by Crippen LogP contribution is 2.44. The Labute approximate surface area is 151 Å². The van der Waals surface area contributed by atoms with Crippen LogP contribution in [0.3, 0.4) is 0 Å². The van der Waals surface area contributed by atoms with E-state index in [-0.39, 0.29) is 5.91 Å². The van der Waals surface area contributed by atoms with Crippen molar-refractivity contribution in [3.63, 3.8) is 0 Å². The molecule has 1 aromatic heterocycles. The van der Waals surface area contributed by atoms with Gasteiger partial charge in [-0.05, 0) is 24.6 Å². The number of rotatable bonds is 3. The van der Waals surface area contributed by atoms with Crippen molar-refractivity contribution in [3.8, 4) is 0 Å². The molecule has 0 radical (unpaired) electrons. The number of aromatic nitrogens is 1. The number of nitrogens with zero attached hydrogens (tertiary/aromatic N) is 2. The third-order valence-electron chi connectivity index (χ3n) is 5.29. The Morgan fingerprint density at radius 3 is 2.50 bits per heavy atom. The van der Waals surface area contributed by atoms with Gasteiger partial charge in [0.15, 0.2) is 0 Å². The molecule has 2 heterocycles. The number of hydrogen-bond acceptors (Lipinski definition) is 2. The average molecular weight is 348 g/mol. The highest BCUT2D eigenvalue weighted by atomic mass is 16.4. The molecule has 1 N–H and O–H groups in total. The minimum Gasteiger partial charge on any atom is -0.481 e. The molecule has 0 saturated carbocycles. The lowest BCUT2D eigenvalue weighted by Crippen LogP contribution is -2.44. The predicted octanol–water partition coefficient (Wildman–Crippen LogP) is 3.56. The first-order valence-electron chi connectivity index (χ1n) is 8.71. The number of carboxylic acid groups (broad SMARTS) is 1. The summed E-state index contributed by atoms with van der Waals surface area (Å²) >= 11 is 0. The summed E-state index contributed by atoms with van der Waals surface area (Å²) in [4.78, 5) is 27.0. The number of fused-ring (bicyclic) bond motifs is 2. The monoisotopic (exact) mass is 348 g/mol. The SMILES string of the molecule is CCN1C(=O)c2ccccc2[C@H](C(=O)O)[C@H]1c1cn(C)c2ccccc12. The molecule has 0 bridgehead atoms. The standard InChI is InChI=1S/C21H20N2O3/c1-3-23-19(16-12-22(2)17-11-7-6-8-13(16)17)18(21(25)26)14-9-4-5-10-15(14)20(23)24/h4-12,18-19H,3H2,1-2H3,(H,25,26)/t18-,19+/m0/s1. The molecule has 2 atom stereocenters. The van der Waals surface area contributed by atoms with Gasteiger partial charge in [0.1, 0.15) is 5.92 Å². The molecule has 132 valence electrons. The van der Waals surface area contributed by atoms with Crippen LogP contribution in [-0.2, 0) is 11.8 Å². The smallest absolute Gasteiger partial charge is 0.313 e. The van der Waals surface area contributed by atoms with E-state index in [0.717, 1.165) is 16.5 Å². The van der Waals surface area contributed by atoms with Crippen LogP contribution in [0.2, 0.25) is 0 Å². The molecule has 5 nitrogen and oxygen atoms in total. The summed E-state index contributed by atoms with van der Waals surface area (Å²) in [6.45, 7) is 2.34. The van der Waals surface area contributed by atoms with Crippen molar-refractivity contribution in [1.29, 1.82) is 0 Å². The molecule has 4 rings (SSSR count). The Morgan fingerprint density at radius 1 is 1.08 bits per heavy atom. The van der Waals surface area contributed by atoms with Crippen LogP contribution in [0, 0.1) is 0 Å². The van der Waals surface area contributed by atoms with Gasteiger partial charge in [0.25, 0.3) is 5.91 Å². The van der Waals surface area contributed by atoms with E-state index in [0.29, 0.717) is 17.7 Å². The lowest BCUT2D eigenvalue weighted by Gasteiger charge is -2.40. The Balaban J connectivity index is 2.01. The maximum Gasteiger partial charge on any atom is 0.313 e. The fourth-order valence-electron chi connectivity index (χ4n) is 4.16. The minimum atomic E-state index is -0.915. The molecule has 3 aromatic rings. The number of para-hydroxylation sites is 1. The number of aryl methyl sites for hydroxylation is 1. The van der Waals surface area contributed by atoms with Crippen molar-refractivity contribution in [2.45, 2.75) is 18.9 Å². The van der Waals surface area contributed by atoms with Crippen LogP contribution >= 0.6 is 0 Å². The molecule has 0 fully saturated rings. The lowest BCUT2D eigenvalue weighted by atomic mass is 9.79. The van der Waals surface area contributed by atoms with Crippen LogP contribution in [0.4, 0.5) is 0 Å². The topological polar surface area (TPSA) is 62.5 Å². The first-order chi connectivity index (χ1) is 12.5. The molecule has 1 aliphatic rings. The van der Waals surface area contributed by atoms with Gasteiger partial charge >= 0.3 is 5.97 Å². The van der Waals surface area contributed by atoms with E-state index >= 15 is 0 Å². The minimum absolute atomic E-state index is 0.112. The summed E-state index contributed by atoms with van der Waals surface area (Å²) in [5.74, 6) is -1.82. The van der Waals surface area contributed by atoms with Crippen LogP contribution in [0.1, 0.15) is 40.4 Å². The second kappa shape index (κ2) is 6.02. The van der Waals surface area contributed by atoms with Gasteiger partial charge in [-0.15, -0.1) is 0 Å². The van der Waals surface area contributed by atoms with Crippen molar-refractivity contribution < 1.29 is 14.7 Å². The molecule has 2 aromatic carbocycles. The van der Waals surface area contributed by atoms with Gasteiger partial charge in [0.05, 0.1) is 6.04 Å². The number of benzene rings is 2. The number of carbonyl (C=O) groups excluding carboxylic acids is 1. The number of carboxylic acids is 1. The highest BCUT2D eigenvalue weighted by molar-refractivity contribution is 6.01. The van der Waals surface area contributed by atoms with Crippen molar-refractivity contribution in [3.05, 3.63) is 71.4 Å². The summed E-state index contributed by atoms with van der Waals surface area (Å²) in [5.41, 5.74) is 2.97. The van der Waals surface area contributed by atoms with E-state index in [1.54, 1.807) is 29.2 Å². The quantitative estimate of drug-likeness (QED) is 0.787. The van der Waals surface area contributed by atoms with E-state index < -0.39 is 17.9 Å². The van der Waals surface area contributed by atoms with Gasteiger partial charge in [-0.25, -0.2) is 0 Å². The van der Waals surface area contributed by atoms with Gasteiger partial charge in [-0.1, -0.05) is 36.4 Å². The van der Waals surface area contributed by atoms with Crippen LogP contribution < -0.4 is 0 Å². The molecule has 1 amide bonds. The Bertz CT molecular complexity index is 1020. The molecule has 0 saturated heterocycles. The van der Waals surface area contributed by atoms with Gasteiger partial charge in [-0.3, -0.25) is 9.59 Å². The second-order valence-electron chi connectivity index (χ2n) is 6.65. The summed E-state index contributed by atoms with van der Waals surface area (Å²) in [7, 11) is 1.94. The molecule has 26 heavy (non-hydrogen) atoms. The van der Waals surface area contributed by atoms with E-state index in [4.69, 9.17) is 0 Å². The molecule has 0 unspecified atom stereocenters. The number of likely N-dealkylation sites (N-methyl/N-ethyl adjacent to an activating group) is 1. The first-order valence-corrected chi connectivity index (χ1v) is 8.71. The maximum atomic E-state index is 13.1.